The van der Waals surface area contributed by atoms with E-state index >= 15 is 0 Å². The second-order valence-corrected chi connectivity index (χ2v) is 9.00. The molecule has 5 atom stereocenters. The van der Waals surface area contributed by atoms with Gasteiger partial charge in [0.15, 0.2) is 11.4 Å². The third-order valence-electron chi connectivity index (χ3n) is 7.42. The van der Waals surface area contributed by atoms with E-state index in [2.05, 4.69) is 0 Å². The van der Waals surface area contributed by atoms with Gasteiger partial charge in [0.25, 0.3) is 5.91 Å². The van der Waals surface area contributed by atoms with Crippen molar-refractivity contribution in [3.05, 3.63) is 46.2 Å². The maximum atomic E-state index is 13.7. The van der Waals surface area contributed by atoms with Crippen LogP contribution >= 0.6 is 0 Å². The van der Waals surface area contributed by atoms with Crippen molar-refractivity contribution in [2.24, 2.45) is 23.5 Å². The molecular weight excluding hydrogens is 430 g/mol. The predicted octanol–water partition coefficient (Wildman–Crippen LogP) is 1.58. The summed E-state index contributed by atoms with van der Waals surface area (Å²) in [4.78, 5) is 50.7. The number of benzene rings is 1. The van der Waals surface area contributed by atoms with Crippen LogP contribution in [0, 0.1) is 17.8 Å². The minimum absolute atomic E-state index is 0.0256. The molecule has 0 aromatic heterocycles. The summed E-state index contributed by atoms with van der Waals surface area (Å²) in [5, 5.41) is 43.8. The minimum Gasteiger partial charge on any atom is -0.508 e. The van der Waals surface area contributed by atoms with Crippen molar-refractivity contribution in [1.82, 2.24) is 0 Å². The molecule has 1 fully saturated rings. The van der Waals surface area contributed by atoms with Gasteiger partial charge in [0.05, 0.1) is 5.56 Å². The van der Waals surface area contributed by atoms with Crippen LogP contribution in [-0.2, 0) is 19.2 Å². The molecule has 1 aromatic rings. The van der Waals surface area contributed by atoms with Gasteiger partial charge in [-0.15, -0.1) is 0 Å². The molecule has 9 nitrogen and oxygen atoms in total. The van der Waals surface area contributed by atoms with Crippen LogP contribution in [0.2, 0.25) is 0 Å². The van der Waals surface area contributed by atoms with Gasteiger partial charge in [-0.05, 0) is 23.5 Å². The zero-order valence-corrected chi connectivity index (χ0v) is 18.2. The summed E-state index contributed by atoms with van der Waals surface area (Å²) in [7, 11) is 0. The van der Waals surface area contributed by atoms with Crippen LogP contribution in [0.5, 0.6) is 5.75 Å². The SMILES string of the molecule is CCC(=O)C[C@H]1[C@H]2C(=C(O)c3c(O)cccc3[C@@H]2C)C(=O)[C@]2(O)C(O)=C(C(N)=O)C(=O)C[C@H]12. The van der Waals surface area contributed by atoms with E-state index in [1.54, 1.807) is 26.0 Å². The van der Waals surface area contributed by atoms with Gasteiger partial charge in [0, 0.05) is 36.7 Å². The number of aliphatic hydroxyl groups excluding tert-OH is 2. The fourth-order valence-corrected chi connectivity index (χ4v) is 5.85. The number of rotatable bonds is 4. The standard InChI is InChI=1S/C24H25NO8/c1-3-10(26)7-12-13-8-15(28)18(23(25)32)21(30)24(13,33)22(31)19-16(12)9(2)11-5-4-6-14(27)17(11)20(19)29/h4-6,9,12-13,16,27,29-30,33H,3,7-8H2,1-2H3,(H2,25,32)/t9-,12+,13+,16-,24+/m0/s1. The number of primary amides is 1. The Labute approximate surface area is 189 Å². The number of aliphatic hydroxyl groups is 3. The van der Waals surface area contributed by atoms with E-state index in [0.717, 1.165) is 0 Å². The Morgan fingerprint density at radius 3 is 2.45 bits per heavy atom. The molecule has 1 saturated carbocycles. The Morgan fingerprint density at radius 1 is 1.18 bits per heavy atom. The molecule has 0 bridgehead atoms. The van der Waals surface area contributed by atoms with Crippen molar-refractivity contribution in [2.45, 2.75) is 44.6 Å². The van der Waals surface area contributed by atoms with Crippen LogP contribution in [-0.4, -0.2) is 49.3 Å². The highest BCUT2D eigenvalue weighted by Crippen LogP contribution is 2.58. The fraction of sp³-hybridized carbons (Fsp3) is 0.417. The topological polar surface area (TPSA) is 175 Å². The summed E-state index contributed by atoms with van der Waals surface area (Å²) in [6, 6.07) is 4.62. The number of carbonyl (C=O) groups excluding carboxylic acids is 4. The number of hydrogen-bond acceptors (Lipinski definition) is 8. The molecule has 174 valence electrons. The van der Waals surface area contributed by atoms with Gasteiger partial charge >= 0.3 is 0 Å². The summed E-state index contributed by atoms with van der Waals surface area (Å²) in [5.74, 6) is -8.67. The quantitative estimate of drug-likeness (QED) is 0.425. The highest BCUT2D eigenvalue weighted by atomic mass is 16.3. The van der Waals surface area contributed by atoms with Crippen molar-refractivity contribution >= 4 is 29.0 Å². The number of fused-ring (bicyclic) bond motifs is 3. The van der Waals surface area contributed by atoms with Crippen LogP contribution in [0.4, 0.5) is 0 Å². The van der Waals surface area contributed by atoms with Crippen LogP contribution in [0.15, 0.2) is 35.1 Å². The van der Waals surface area contributed by atoms with Gasteiger partial charge in [-0.3, -0.25) is 19.2 Å². The van der Waals surface area contributed by atoms with E-state index in [1.165, 1.54) is 6.07 Å². The van der Waals surface area contributed by atoms with Crippen LogP contribution < -0.4 is 5.73 Å². The Balaban J connectivity index is 2.04. The Hall–Kier alpha value is -3.46. The molecule has 0 heterocycles. The Kier molecular flexibility index (Phi) is 5.20. The van der Waals surface area contributed by atoms with Crippen LogP contribution in [0.1, 0.15) is 50.2 Å². The number of phenolic OH excluding ortho intramolecular Hbond substituents is 1. The summed E-state index contributed by atoms with van der Waals surface area (Å²) in [6.45, 7) is 3.43. The van der Waals surface area contributed by atoms with Crippen molar-refractivity contribution < 1.29 is 39.6 Å². The molecule has 0 radical (unpaired) electrons. The molecular formula is C24H25NO8. The molecule has 0 aliphatic heterocycles. The van der Waals surface area contributed by atoms with Crippen molar-refractivity contribution in [1.29, 1.82) is 0 Å². The number of ketones is 3. The van der Waals surface area contributed by atoms with Crippen molar-refractivity contribution in [3.63, 3.8) is 0 Å². The molecule has 1 amide bonds. The van der Waals surface area contributed by atoms with Crippen LogP contribution in [0.3, 0.4) is 0 Å². The van der Waals surface area contributed by atoms with Gasteiger partial charge in [-0.2, -0.15) is 0 Å². The highest BCUT2D eigenvalue weighted by Gasteiger charge is 2.64. The molecule has 3 aliphatic carbocycles. The first kappa shape index (κ1) is 22.7. The van der Waals surface area contributed by atoms with Gasteiger partial charge in [-0.25, -0.2) is 0 Å². The van der Waals surface area contributed by atoms with Gasteiger partial charge < -0.3 is 26.2 Å². The molecule has 9 heteroatoms. The van der Waals surface area contributed by atoms with E-state index in [4.69, 9.17) is 5.73 Å². The van der Waals surface area contributed by atoms with E-state index in [-0.39, 0.29) is 35.5 Å². The number of phenols is 1. The summed E-state index contributed by atoms with van der Waals surface area (Å²) < 4.78 is 0. The lowest BCUT2D eigenvalue weighted by Crippen LogP contribution is -2.62. The Bertz CT molecular complexity index is 1180. The number of hydrogen-bond donors (Lipinski definition) is 5. The Morgan fingerprint density at radius 2 is 1.85 bits per heavy atom. The van der Waals surface area contributed by atoms with Crippen molar-refractivity contribution in [2.75, 3.05) is 0 Å². The molecule has 0 saturated heterocycles. The van der Waals surface area contributed by atoms with E-state index in [9.17, 15) is 39.6 Å². The third-order valence-corrected chi connectivity index (χ3v) is 7.42. The fourth-order valence-electron chi connectivity index (χ4n) is 5.85. The smallest absolute Gasteiger partial charge is 0.255 e. The summed E-state index contributed by atoms with van der Waals surface area (Å²) >= 11 is 0. The maximum Gasteiger partial charge on any atom is 0.255 e. The lowest BCUT2D eigenvalue weighted by atomic mass is 9.51. The molecule has 1 aromatic carbocycles. The summed E-state index contributed by atoms with van der Waals surface area (Å²) in [6.07, 6.45) is -0.430. The average Bonchev–Trinajstić information content (AvgIpc) is 2.75. The summed E-state index contributed by atoms with van der Waals surface area (Å²) in [5.41, 5.74) is 1.95. The van der Waals surface area contributed by atoms with Gasteiger partial charge in [0.2, 0.25) is 5.78 Å². The normalized spacial score (nSPS) is 31.1. The van der Waals surface area contributed by atoms with Crippen molar-refractivity contribution in [3.8, 4) is 5.75 Å². The maximum absolute atomic E-state index is 13.7. The average molecular weight is 455 g/mol. The number of amides is 1. The zero-order valence-electron chi connectivity index (χ0n) is 18.2. The van der Waals surface area contributed by atoms with Gasteiger partial charge in [-0.1, -0.05) is 26.0 Å². The van der Waals surface area contributed by atoms with E-state index < -0.39 is 70.3 Å². The number of Topliss-reactive ketones (excluding diaryl/α,β-unsaturated/α-hetero) is 3. The number of aromatic hydroxyl groups is 1. The molecule has 6 N–H and O–H groups in total. The largest absolute Gasteiger partial charge is 0.508 e. The minimum atomic E-state index is -2.72. The zero-order chi connectivity index (χ0) is 24.4. The predicted molar refractivity (Wildman–Crippen MR) is 115 cm³/mol. The van der Waals surface area contributed by atoms with Gasteiger partial charge in [0.1, 0.15) is 28.6 Å². The third kappa shape index (κ3) is 2.95. The monoisotopic (exact) mass is 455 g/mol. The molecule has 3 aliphatic rings. The lowest BCUT2D eigenvalue weighted by Gasteiger charge is -2.52. The van der Waals surface area contributed by atoms with Crippen LogP contribution in [0.25, 0.3) is 5.76 Å². The first-order valence-corrected chi connectivity index (χ1v) is 10.8. The first-order chi connectivity index (χ1) is 15.5. The van der Waals surface area contributed by atoms with E-state index in [0.29, 0.717) is 5.56 Å². The first-order valence-electron chi connectivity index (χ1n) is 10.8. The second kappa shape index (κ2) is 7.55. The molecule has 0 unspecified atom stereocenters. The lowest BCUT2D eigenvalue weighted by molar-refractivity contribution is -0.155. The number of nitrogens with two attached hydrogens (primary N) is 1. The second-order valence-electron chi connectivity index (χ2n) is 9.00. The molecule has 4 rings (SSSR count). The molecule has 0 spiro atoms. The number of carbonyl (C=O) groups is 4. The molecule has 33 heavy (non-hydrogen) atoms. The van der Waals surface area contributed by atoms with E-state index in [1.807, 2.05) is 0 Å². The highest BCUT2D eigenvalue weighted by molar-refractivity contribution is 6.23.